The molecule has 1 saturated carbocycles. The first-order valence-electron chi connectivity index (χ1n) is 7.02. The number of hydrogen-bond donors (Lipinski definition) is 1. The van der Waals surface area contributed by atoms with Crippen LogP contribution in [-0.4, -0.2) is 13.2 Å². The van der Waals surface area contributed by atoms with Crippen LogP contribution in [0.3, 0.4) is 0 Å². The minimum absolute atomic E-state index is 0.690. The molecule has 0 unspecified atom stereocenters. The molecular formula is C15H21Br2NO. The van der Waals surface area contributed by atoms with Gasteiger partial charge in [0.1, 0.15) is 5.75 Å². The molecule has 0 saturated heterocycles. The fourth-order valence-electron chi connectivity index (χ4n) is 2.68. The van der Waals surface area contributed by atoms with Crippen molar-refractivity contribution in [3.8, 4) is 5.75 Å². The molecule has 0 atom stereocenters. The molecule has 0 radical (unpaired) electrons. The Morgan fingerprint density at radius 1 is 1.26 bits per heavy atom. The summed E-state index contributed by atoms with van der Waals surface area (Å²) in [5, 5.41) is 3.58. The standard InChI is InChI=1S/C15H21Br2NO/c1-2-19-15-12(7-13(16)8-14(15)17)10-18-9-11-5-3-4-6-11/h7-8,11,18H,2-6,9-10H2,1H3. The number of nitrogens with one attached hydrogen (secondary N) is 1. The molecule has 0 spiro atoms. The molecule has 0 heterocycles. The van der Waals surface area contributed by atoms with Crippen molar-refractivity contribution >= 4 is 31.9 Å². The zero-order chi connectivity index (χ0) is 13.7. The Labute approximate surface area is 132 Å². The van der Waals surface area contributed by atoms with Gasteiger partial charge in [0.25, 0.3) is 0 Å². The number of halogens is 2. The summed E-state index contributed by atoms with van der Waals surface area (Å²) in [6.07, 6.45) is 5.57. The van der Waals surface area contributed by atoms with Gasteiger partial charge in [0.15, 0.2) is 0 Å². The summed E-state index contributed by atoms with van der Waals surface area (Å²) in [6.45, 7) is 4.69. The van der Waals surface area contributed by atoms with E-state index in [1.54, 1.807) is 0 Å². The molecule has 1 aliphatic rings. The fourth-order valence-corrected chi connectivity index (χ4v) is 4.10. The van der Waals surface area contributed by atoms with Gasteiger partial charge in [-0.3, -0.25) is 0 Å². The van der Waals surface area contributed by atoms with E-state index in [9.17, 15) is 0 Å². The first kappa shape index (κ1) is 15.3. The predicted molar refractivity (Wildman–Crippen MR) is 86.7 cm³/mol. The molecule has 0 aromatic heterocycles. The molecule has 0 aliphatic heterocycles. The molecular weight excluding hydrogens is 370 g/mol. The van der Waals surface area contributed by atoms with Crippen LogP contribution in [0.15, 0.2) is 21.1 Å². The third kappa shape index (κ3) is 4.47. The Morgan fingerprint density at radius 2 is 2.00 bits per heavy atom. The molecule has 2 nitrogen and oxygen atoms in total. The quantitative estimate of drug-likeness (QED) is 0.746. The summed E-state index contributed by atoms with van der Waals surface area (Å²) in [6, 6.07) is 4.17. The van der Waals surface area contributed by atoms with Gasteiger partial charge in [-0.15, -0.1) is 0 Å². The van der Waals surface area contributed by atoms with Crippen molar-refractivity contribution in [2.24, 2.45) is 5.92 Å². The summed E-state index contributed by atoms with van der Waals surface area (Å²) in [4.78, 5) is 0. The normalized spacial score (nSPS) is 15.9. The summed E-state index contributed by atoms with van der Waals surface area (Å²) in [7, 11) is 0. The molecule has 0 amide bonds. The van der Waals surface area contributed by atoms with Crippen LogP contribution in [-0.2, 0) is 6.54 Å². The summed E-state index contributed by atoms with van der Waals surface area (Å²) < 4.78 is 7.84. The molecule has 2 rings (SSSR count). The zero-order valence-electron chi connectivity index (χ0n) is 11.3. The molecule has 1 N–H and O–H groups in total. The molecule has 19 heavy (non-hydrogen) atoms. The highest BCUT2D eigenvalue weighted by atomic mass is 79.9. The molecule has 0 bridgehead atoms. The van der Waals surface area contributed by atoms with Crippen LogP contribution in [0, 0.1) is 5.92 Å². The highest BCUT2D eigenvalue weighted by molar-refractivity contribution is 9.11. The minimum Gasteiger partial charge on any atom is -0.492 e. The number of hydrogen-bond acceptors (Lipinski definition) is 2. The molecule has 4 heteroatoms. The van der Waals surface area contributed by atoms with Crippen LogP contribution >= 0.6 is 31.9 Å². The van der Waals surface area contributed by atoms with Gasteiger partial charge in [0, 0.05) is 16.6 Å². The van der Waals surface area contributed by atoms with Gasteiger partial charge in [0.2, 0.25) is 0 Å². The number of benzene rings is 1. The maximum Gasteiger partial charge on any atom is 0.138 e. The first-order chi connectivity index (χ1) is 9.20. The van der Waals surface area contributed by atoms with E-state index in [0.717, 1.165) is 33.7 Å². The van der Waals surface area contributed by atoms with E-state index in [0.29, 0.717) is 6.61 Å². The van der Waals surface area contributed by atoms with E-state index in [-0.39, 0.29) is 0 Å². The second-order valence-electron chi connectivity index (χ2n) is 5.09. The van der Waals surface area contributed by atoms with E-state index < -0.39 is 0 Å². The summed E-state index contributed by atoms with van der Waals surface area (Å²) in [5.41, 5.74) is 1.21. The van der Waals surface area contributed by atoms with E-state index in [1.165, 1.54) is 31.2 Å². The Morgan fingerprint density at radius 3 is 2.68 bits per heavy atom. The predicted octanol–water partition coefficient (Wildman–Crippen LogP) is 4.89. The van der Waals surface area contributed by atoms with Gasteiger partial charge in [-0.1, -0.05) is 28.8 Å². The van der Waals surface area contributed by atoms with Crippen molar-refractivity contribution in [1.29, 1.82) is 0 Å². The maximum atomic E-state index is 5.74. The highest BCUT2D eigenvalue weighted by Crippen LogP contribution is 2.33. The van der Waals surface area contributed by atoms with Crippen molar-refractivity contribution in [3.05, 3.63) is 26.6 Å². The molecule has 1 fully saturated rings. The van der Waals surface area contributed by atoms with E-state index in [2.05, 4.69) is 43.2 Å². The van der Waals surface area contributed by atoms with Gasteiger partial charge >= 0.3 is 0 Å². The largest absolute Gasteiger partial charge is 0.492 e. The Hall–Kier alpha value is -0.0600. The van der Waals surface area contributed by atoms with Crippen molar-refractivity contribution in [2.75, 3.05) is 13.2 Å². The van der Waals surface area contributed by atoms with Crippen molar-refractivity contribution in [3.63, 3.8) is 0 Å². The average molecular weight is 391 g/mol. The molecule has 1 aromatic rings. The number of rotatable bonds is 6. The second kappa shape index (κ2) is 7.65. The SMILES string of the molecule is CCOc1c(Br)cc(Br)cc1CNCC1CCCC1. The molecule has 106 valence electrons. The van der Waals surface area contributed by atoms with Gasteiger partial charge in [-0.2, -0.15) is 0 Å². The maximum absolute atomic E-state index is 5.74. The number of ether oxygens (including phenoxy) is 1. The lowest BCUT2D eigenvalue weighted by Gasteiger charge is -2.15. The minimum atomic E-state index is 0.690. The third-order valence-electron chi connectivity index (χ3n) is 3.60. The first-order valence-corrected chi connectivity index (χ1v) is 8.60. The van der Waals surface area contributed by atoms with Crippen molar-refractivity contribution in [1.82, 2.24) is 5.32 Å². The van der Waals surface area contributed by atoms with Gasteiger partial charge in [-0.05, 0) is 60.3 Å². The van der Waals surface area contributed by atoms with Crippen LogP contribution in [0.2, 0.25) is 0 Å². The smallest absolute Gasteiger partial charge is 0.138 e. The summed E-state index contributed by atoms with van der Waals surface area (Å²) >= 11 is 7.12. The lowest BCUT2D eigenvalue weighted by molar-refractivity contribution is 0.332. The van der Waals surface area contributed by atoms with Crippen LogP contribution < -0.4 is 10.1 Å². The fraction of sp³-hybridized carbons (Fsp3) is 0.600. The Balaban J connectivity index is 1.97. The zero-order valence-corrected chi connectivity index (χ0v) is 14.5. The Kier molecular flexibility index (Phi) is 6.17. The average Bonchev–Trinajstić information content (AvgIpc) is 2.86. The van der Waals surface area contributed by atoms with E-state index >= 15 is 0 Å². The lowest BCUT2D eigenvalue weighted by atomic mass is 10.1. The highest BCUT2D eigenvalue weighted by Gasteiger charge is 2.15. The van der Waals surface area contributed by atoms with Gasteiger partial charge in [0.05, 0.1) is 11.1 Å². The second-order valence-corrected chi connectivity index (χ2v) is 6.86. The van der Waals surface area contributed by atoms with Crippen LogP contribution in [0.1, 0.15) is 38.2 Å². The van der Waals surface area contributed by atoms with Crippen LogP contribution in [0.4, 0.5) is 0 Å². The Bertz CT molecular complexity index is 417. The van der Waals surface area contributed by atoms with Crippen molar-refractivity contribution in [2.45, 2.75) is 39.2 Å². The monoisotopic (exact) mass is 389 g/mol. The lowest BCUT2D eigenvalue weighted by Crippen LogP contribution is -2.21. The van der Waals surface area contributed by atoms with Gasteiger partial charge < -0.3 is 10.1 Å². The van der Waals surface area contributed by atoms with Crippen LogP contribution in [0.25, 0.3) is 0 Å². The van der Waals surface area contributed by atoms with Gasteiger partial charge in [-0.25, -0.2) is 0 Å². The van der Waals surface area contributed by atoms with Crippen LogP contribution in [0.5, 0.6) is 5.75 Å². The van der Waals surface area contributed by atoms with E-state index in [1.807, 2.05) is 13.0 Å². The topological polar surface area (TPSA) is 21.3 Å². The summed E-state index contributed by atoms with van der Waals surface area (Å²) in [5.74, 6) is 1.83. The molecule has 1 aliphatic carbocycles. The van der Waals surface area contributed by atoms with E-state index in [4.69, 9.17) is 4.74 Å². The van der Waals surface area contributed by atoms with Crippen molar-refractivity contribution < 1.29 is 4.74 Å². The molecule has 1 aromatic carbocycles. The third-order valence-corrected chi connectivity index (χ3v) is 4.64.